The molecule has 0 saturated carbocycles. The van der Waals surface area contributed by atoms with Gasteiger partial charge in [0, 0.05) is 31.9 Å². The SMILES string of the molecule is CN(C)C(=O)c1ccc(Oc2ncccc2[N+](=O)[O-])cc1. The molecule has 0 bridgehead atoms. The van der Waals surface area contributed by atoms with E-state index in [4.69, 9.17) is 4.74 Å². The van der Waals surface area contributed by atoms with Gasteiger partial charge < -0.3 is 9.64 Å². The molecule has 0 radical (unpaired) electrons. The molecule has 21 heavy (non-hydrogen) atoms. The Morgan fingerprint density at radius 3 is 2.48 bits per heavy atom. The van der Waals surface area contributed by atoms with Gasteiger partial charge in [-0.1, -0.05) is 0 Å². The van der Waals surface area contributed by atoms with Crippen LogP contribution in [0.5, 0.6) is 11.6 Å². The number of nitrogens with zero attached hydrogens (tertiary/aromatic N) is 3. The smallest absolute Gasteiger partial charge is 0.331 e. The first-order valence-electron chi connectivity index (χ1n) is 6.08. The number of aromatic nitrogens is 1. The number of hydrogen-bond donors (Lipinski definition) is 0. The molecule has 0 saturated heterocycles. The molecule has 0 aliphatic heterocycles. The Hall–Kier alpha value is -2.96. The van der Waals surface area contributed by atoms with Gasteiger partial charge in [-0.2, -0.15) is 0 Å². The highest BCUT2D eigenvalue weighted by molar-refractivity contribution is 5.93. The zero-order valence-corrected chi connectivity index (χ0v) is 11.5. The number of pyridine rings is 1. The van der Waals surface area contributed by atoms with Gasteiger partial charge in [-0.05, 0) is 30.3 Å². The van der Waals surface area contributed by atoms with E-state index in [-0.39, 0.29) is 17.5 Å². The number of carbonyl (C=O) groups excluding carboxylic acids is 1. The maximum atomic E-state index is 11.7. The number of carbonyl (C=O) groups is 1. The first kappa shape index (κ1) is 14.4. The Morgan fingerprint density at radius 1 is 1.24 bits per heavy atom. The summed E-state index contributed by atoms with van der Waals surface area (Å²) >= 11 is 0. The van der Waals surface area contributed by atoms with Crippen molar-refractivity contribution < 1.29 is 14.5 Å². The zero-order chi connectivity index (χ0) is 15.4. The summed E-state index contributed by atoms with van der Waals surface area (Å²) in [4.78, 5) is 27.3. The number of nitro groups is 1. The maximum absolute atomic E-state index is 11.7. The molecule has 7 nitrogen and oxygen atoms in total. The Balaban J connectivity index is 2.22. The van der Waals surface area contributed by atoms with Crippen LogP contribution in [0.4, 0.5) is 5.69 Å². The van der Waals surface area contributed by atoms with Gasteiger partial charge in [0.1, 0.15) is 5.75 Å². The van der Waals surface area contributed by atoms with Gasteiger partial charge in [0.2, 0.25) is 0 Å². The molecule has 108 valence electrons. The minimum atomic E-state index is -0.563. The second-order valence-electron chi connectivity index (χ2n) is 4.41. The molecule has 0 spiro atoms. The third-order valence-electron chi connectivity index (χ3n) is 2.67. The van der Waals surface area contributed by atoms with Crippen LogP contribution in [0.15, 0.2) is 42.6 Å². The molecule has 1 aromatic carbocycles. The van der Waals surface area contributed by atoms with E-state index >= 15 is 0 Å². The van der Waals surface area contributed by atoms with Crippen LogP contribution in [-0.2, 0) is 0 Å². The Labute approximate surface area is 120 Å². The third-order valence-corrected chi connectivity index (χ3v) is 2.67. The molecule has 0 unspecified atom stereocenters. The van der Waals surface area contributed by atoms with Crippen molar-refractivity contribution in [2.24, 2.45) is 0 Å². The predicted octanol–water partition coefficient (Wildman–Crippen LogP) is 2.48. The number of ether oxygens (including phenoxy) is 1. The normalized spacial score (nSPS) is 10.0. The lowest BCUT2D eigenvalue weighted by Crippen LogP contribution is -2.21. The number of hydrogen-bond acceptors (Lipinski definition) is 5. The summed E-state index contributed by atoms with van der Waals surface area (Å²) in [6.45, 7) is 0. The van der Waals surface area contributed by atoms with Crippen molar-refractivity contribution in [1.29, 1.82) is 0 Å². The number of amides is 1. The molecule has 0 fully saturated rings. The van der Waals surface area contributed by atoms with Crippen molar-refractivity contribution in [3.05, 3.63) is 58.3 Å². The molecule has 0 aliphatic rings. The summed E-state index contributed by atoms with van der Waals surface area (Å²) in [5.41, 5.74) is 0.286. The molecule has 0 atom stereocenters. The van der Waals surface area contributed by atoms with Gasteiger partial charge in [-0.25, -0.2) is 4.98 Å². The molecule has 0 aliphatic carbocycles. The van der Waals surface area contributed by atoms with Crippen molar-refractivity contribution in [3.63, 3.8) is 0 Å². The minimum Gasteiger partial charge on any atom is -0.434 e. The van der Waals surface area contributed by atoms with E-state index in [1.54, 1.807) is 38.4 Å². The highest BCUT2D eigenvalue weighted by Crippen LogP contribution is 2.28. The van der Waals surface area contributed by atoms with Gasteiger partial charge >= 0.3 is 5.69 Å². The highest BCUT2D eigenvalue weighted by atomic mass is 16.6. The second-order valence-corrected chi connectivity index (χ2v) is 4.41. The molecule has 7 heteroatoms. The van der Waals surface area contributed by atoms with Crippen LogP contribution in [0.1, 0.15) is 10.4 Å². The van der Waals surface area contributed by atoms with Gasteiger partial charge in [0.05, 0.1) is 4.92 Å². The molecule has 1 amide bonds. The molecule has 1 heterocycles. The van der Waals surface area contributed by atoms with Crippen molar-refractivity contribution in [1.82, 2.24) is 9.88 Å². The molecule has 2 aromatic rings. The zero-order valence-electron chi connectivity index (χ0n) is 11.5. The van der Waals surface area contributed by atoms with Crippen LogP contribution < -0.4 is 4.74 Å². The summed E-state index contributed by atoms with van der Waals surface area (Å²) < 4.78 is 5.39. The summed E-state index contributed by atoms with van der Waals surface area (Å²) in [5, 5.41) is 10.9. The van der Waals surface area contributed by atoms with Crippen molar-refractivity contribution in [3.8, 4) is 11.6 Å². The summed E-state index contributed by atoms with van der Waals surface area (Å²) in [6.07, 6.45) is 1.41. The summed E-state index contributed by atoms with van der Waals surface area (Å²) in [6, 6.07) is 9.08. The van der Waals surface area contributed by atoms with E-state index in [9.17, 15) is 14.9 Å². The van der Waals surface area contributed by atoms with Crippen LogP contribution in [-0.4, -0.2) is 34.8 Å². The quantitative estimate of drug-likeness (QED) is 0.637. The van der Waals surface area contributed by atoms with E-state index < -0.39 is 4.92 Å². The standard InChI is InChI=1S/C14H13N3O4/c1-16(2)14(18)10-5-7-11(8-6-10)21-13-12(17(19)20)4-3-9-15-13/h3-9H,1-2H3. The van der Waals surface area contributed by atoms with Crippen LogP contribution in [0, 0.1) is 10.1 Å². The van der Waals surface area contributed by atoms with E-state index in [1.807, 2.05) is 0 Å². The Morgan fingerprint density at radius 2 is 1.90 bits per heavy atom. The lowest BCUT2D eigenvalue weighted by Gasteiger charge is -2.10. The van der Waals surface area contributed by atoms with Crippen molar-refractivity contribution in [2.45, 2.75) is 0 Å². The third kappa shape index (κ3) is 3.33. The molecular formula is C14H13N3O4. The van der Waals surface area contributed by atoms with E-state index in [0.29, 0.717) is 11.3 Å². The predicted molar refractivity (Wildman–Crippen MR) is 75.4 cm³/mol. The topological polar surface area (TPSA) is 85.6 Å². The minimum absolute atomic E-state index is 0.0887. The van der Waals surface area contributed by atoms with E-state index in [2.05, 4.69) is 4.98 Å². The fourth-order valence-electron chi connectivity index (χ4n) is 1.64. The first-order valence-corrected chi connectivity index (χ1v) is 6.08. The van der Waals surface area contributed by atoms with Gasteiger partial charge in [0.25, 0.3) is 11.8 Å². The average Bonchev–Trinajstić information content (AvgIpc) is 2.47. The van der Waals surface area contributed by atoms with Gasteiger partial charge in [0.15, 0.2) is 0 Å². The fourth-order valence-corrected chi connectivity index (χ4v) is 1.64. The molecule has 1 aromatic heterocycles. The first-order chi connectivity index (χ1) is 9.99. The number of rotatable bonds is 4. The number of benzene rings is 1. The monoisotopic (exact) mass is 287 g/mol. The van der Waals surface area contributed by atoms with E-state index in [0.717, 1.165) is 0 Å². The highest BCUT2D eigenvalue weighted by Gasteiger charge is 2.16. The van der Waals surface area contributed by atoms with Crippen LogP contribution in [0.2, 0.25) is 0 Å². The average molecular weight is 287 g/mol. The largest absolute Gasteiger partial charge is 0.434 e. The summed E-state index contributed by atoms with van der Waals surface area (Å²) in [5.74, 6) is 0.145. The second kappa shape index (κ2) is 6.00. The van der Waals surface area contributed by atoms with Gasteiger partial charge in [-0.15, -0.1) is 0 Å². The van der Waals surface area contributed by atoms with Crippen LogP contribution in [0.25, 0.3) is 0 Å². The Bertz CT molecular complexity index is 668. The fraction of sp³-hybridized carbons (Fsp3) is 0.143. The molecule has 2 rings (SSSR count). The lowest BCUT2D eigenvalue weighted by atomic mass is 10.2. The van der Waals surface area contributed by atoms with Gasteiger partial charge in [-0.3, -0.25) is 14.9 Å². The van der Waals surface area contributed by atoms with Crippen molar-refractivity contribution >= 4 is 11.6 Å². The maximum Gasteiger partial charge on any atom is 0.331 e. The van der Waals surface area contributed by atoms with Crippen LogP contribution >= 0.6 is 0 Å². The molecule has 0 N–H and O–H groups in total. The molecular weight excluding hydrogens is 274 g/mol. The van der Waals surface area contributed by atoms with E-state index in [1.165, 1.54) is 23.2 Å². The lowest BCUT2D eigenvalue weighted by molar-refractivity contribution is -0.386. The summed E-state index contributed by atoms with van der Waals surface area (Å²) in [7, 11) is 3.31. The van der Waals surface area contributed by atoms with Crippen LogP contribution in [0.3, 0.4) is 0 Å². The Kier molecular flexibility index (Phi) is 4.13. The van der Waals surface area contributed by atoms with Crippen molar-refractivity contribution in [2.75, 3.05) is 14.1 Å².